The number of carbonyl (C=O) groups excluding carboxylic acids is 1. The first-order valence-electron chi connectivity index (χ1n) is 7.28. The molecule has 0 aromatic heterocycles. The predicted octanol–water partition coefficient (Wildman–Crippen LogP) is 1.96. The third kappa shape index (κ3) is 5.83. The highest BCUT2D eigenvalue weighted by Gasteiger charge is 2.22. The quantitative estimate of drug-likeness (QED) is 0.533. The van der Waals surface area contributed by atoms with E-state index in [4.69, 9.17) is 9.84 Å². The minimum Gasteiger partial charge on any atom is -0.465 e. The van der Waals surface area contributed by atoms with Crippen LogP contribution in [0.25, 0.3) is 0 Å². The molecule has 0 aromatic carbocycles. The second-order valence-electron chi connectivity index (χ2n) is 5.06. The Morgan fingerprint density at radius 3 is 2.67 bits per heavy atom. The molecule has 1 rings (SSSR count). The molecule has 0 atom stereocenters. The Labute approximate surface area is 110 Å². The highest BCUT2D eigenvalue weighted by molar-refractivity contribution is 5.71. The summed E-state index contributed by atoms with van der Waals surface area (Å²) in [6, 6.07) is 0.449. The van der Waals surface area contributed by atoms with Crippen molar-refractivity contribution in [2.45, 2.75) is 57.9 Å². The molecule has 1 aliphatic carbocycles. The predicted molar refractivity (Wildman–Crippen MR) is 71.4 cm³/mol. The lowest BCUT2D eigenvalue weighted by Crippen LogP contribution is -2.42. The Morgan fingerprint density at radius 1 is 1.33 bits per heavy atom. The van der Waals surface area contributed by atoms with Gasteiger partial charge in [0.15, 0.2) is 0 Å². The zero-order valence-electron chi connectivity index (χ0n) is 11.6. The van der Waals surface area contributed by atoms with Crippen LogP contribution in [0.5, 0.6) is 0 Å². The lowest BCUT2D eigenvalue weighted by Gasteiger charge is -2.33. The van der Waals surface area contributed by atoms with Crippen LogP contribution in [0.1, 0.15) is 51.9 Å². The molecule has 0 saturated heterocycles. The molecule has 106 valence electrons. The number of ether oxygens (including phenoxy) is 1. The molecule has 0 radical (unpaired) electrons. The number of aliphatic hydroxyl groups excluding tert-OH is 1. The first-order valence-corrected chi connectivity index (χ1v) is 7.28. The van der Waals surface area contributed by atoms with Gasteiger partial charge in [-0.2, -0.15) is 0 Å². The second kappa shape index (κ2) is 9.34. The zero-order chi connectivity index (χ0) is 13.2. The highest BCUT2D eigenvalue weighted by Crippen LogP contribution is 2.22. The van der Waals surface area contributed by atoms with Gasteiger partial charge in [-0.05, 0) is 19.3 Å². The lowest BCUT2D eigenvalue weighted by atomic mass is 9.94. The Hall–Kier alpha value is -0.610. The van der Waals surface area contributed by atoms with E-state index in [1.807, 2.05) is 0 Å². The minimum atomic E-state index is -0.150. The van der Waals surface area contributed by atoms with E-state index in [0.717, 1.165) is 25.7 Å². The van der Waals surface area contributed by atoms with Crippen LogP contribution < -0.4 is 0 Å². The van der Waals surface area contributed by atoms with E-state index in [2.05, 4.69) is 11.8 Å². The van der Waals surface area contributed by atoms with E-state index in [9.17, 15) is 4.79 Å². The van der Waals surface area contributed by atoms with Crippen LogP contribution in [-0.4, -0.2) is 48.3 Å². The van der Waals surface area contributed by atoms with Crippen LogP contribution in [0.3, 0.4) is 0 Å². The van der Waals surface area contributed by atoms with Crippen molar-refractivity contribution >= 4 is 5.97 Å². The molecular weight excluding hydrogens is 230 g/mol. The summed E-state index contributed by atoms with van der Waals surface area (Å²) in [6.07, 6.45) is 8.01. The maximum atomic E-state index is 11.7. The van der Waals surface area contributed by atoms with Crippen molar-refractivity contribution < 1.29 is 14.6 Å². The number of carbonyl (C=O) groups is 1. The summed E-state index contributed by atoms with van der Waals surface area (Å²) < 4.78 is 5.19. The maximum absolute atomic E-state index is 11.7. The smallest absolute Gasteiger partial charge is 0.320 e. The zero-order valence-corrected chi connectivity index (χ0v) is 11.6. The molecule has 0 spiro atoms. The second-order valence-corrected chi connectivity index (χ2v) is 5.06. The van der Waals surface area contributed by atoms with E-state index in [1.165, 1.54) is 19.3 Å². The summed E-state index contributed by atoms with van der Waals surface area (Å²) >= 11 is 0. The standard InChI is InChI=1S/C14H27NO3/c1-2-3-11-18-14(17)12-15(9-10-16)13-7-5-4-6-8-13/h13,16H,2-12H2,1H3. The average molecular weight is 257 g/mol. The number of nitrogens with zero attached hydrogens (tertiary/aromatic N) is 1. The van der Waals surface area contributed by atoms with Crippen LogP contribution in [0.2, 0.25) is 0 Å². The van der Waals surface area contributed by atoms with E-state index in [1.54, 1.807) is 0 Å². The first-order chi connectivity index (χ1) is 8.77. The van der Waals surface area contributed by atoms with Crippen molar-refractivity contribution in [3.05, 3.63) is 0 Å². The number of hydrogen-bond donors (Lipinski definition) is 1. The molecule has 0 bridgehead atoms. The third-order valence-corrected chi connectivity index (χ3v) is 3.57. The average Bonchev–Trinajstić information content (AvgIpc) is 2.39. The normalized spacial score (nSPS) is 17.1. The molecule has 1 N–H and O–H groups in total. The molecule has 1 saturated carbocycles. The first kappa shape index (κ1) is 15.4. The summed E-state index contributed by atoms with van der Waals surface area (Å²) in [4.78, 5) is 13.8. The fraction of sp³-hybridized carbons (Fsp3) is 0.929. The number of hydrogen-bond acceptors (Lipinski definition) is 4. The van der Waals surface area contributed by atoms with Gasteiger partial charge in [-0.1, -0.05) is 32.6 Å². The van der Waals surface area contributed by atoms with Gasteiger partial charge in [0.1, 0.15) is 0 Å². The van der Waals surface area contributed by atoms with Crippen molar-refractivity contribution in [2.24, 2.45) is 0 Å². The summed E-state index contributed by atoms with van der Waals surface area (Å²) in [5, 5.41) is 9.10. The van der Waals surface area contributed by atoms with E-state index < -0.39 is 0 Å². The molecular formula is C14H27NO3. The van der Waals surface area contributed by atoms with Crippen LogP contribution in [0.4, 0.5) is 0 Å². The number of esters is 1. The monoisotopic (exact) mass is 257 g/mol. The Balaban J connectivity index is 2.33. The van der Waals surface area contributed by atoms with Gasteiger partial charge >= 0.3 is 5.97 Å². The molecule has 4 nitrogen and oxygen atoms in total. The topological polar surface area (TPSA) is 49.8 Å². The van der Waals surface area contributed by atoms with Gasteiger partial charge in [0, 0.05) is 12.6 Å². The Morgan fingerprint density at radius 2 is 2.06 bits per heavy atom. The molecule has 0 aromatic rings. The van der Waals surface area contributed by atoms with Gasteiger partial charge in [-0.25, -0.2) is 0 Å². The summed E-state index contributed by atoms with van der Waals surface area (Å²) in [5.41, 5.74) is 0. The van der Waals surface area contributed by atoms with E-state index in [0.29, 0.717) is 25.7 Å². The van der Waals surface area contributed by atoms with Gasteiger partial charge < -0.3 is 9.84 Å². The molecule has 0 aliphatic heterocycles. The van der Waals surface area contributed by atoms with Crippen LogP contribution in [0.15, 0.2) is 0 Å². The third-order valence-electron chi connectivity index (χ3n) is 3.57. The maximum Gasteiger partial charge on any atom is 0.320 e. The largest absolute Gasteiger partial charge is 0.465 e. The number of rotatable bonds is 8. The van der Waals surface area contributed by atoms with Crippen molar-refractivity contribution in [2.75, 3.05) is 26.3 Å². The van der Waals surface area contributed by atoms with Gasteiger partial charge in [0.25, 0.3) is 0 Å². The molecule has 0 heterocycles. The summed E-state index contributed by atoms with van der Waals surface area (Å²) in [6.45, 7) is 3.61. The summed E-state index contributed by atoms with van der Waals surface area (Å²) in [7, 11) is 0. The number of aliphatic hydroxyl groups is 1. The van der Waals surface area contributed by atoms with E-state index in [-0.39, 0.29) is 12.6 Å². The van der Waals surface area contributed by atoms with Gasteiger partial charge in [-0.15, -0.1) is 0 Å². The molecule has 1 aliphatic rings. The minimum absolute atomic E-state index is 0.110. The van der Waals surface area contributed by atoms with Crippen molar-refractivity contribution in [1.82, 2.24) is 4.90 Å². The molecule has 1 fully saturated rings. The van der Waals surface area contributed by atoms with Crippen LogP contribution >= 0.6 is 0 Å². The summed E-state index contributed by atoms with van der Waals surface area (Å²) in [5.74, 6) is -0.150. The van der Waals surface area contributed by atoms with Crippen LogP contribution in [-0.2, 0) is 9.53 Å². The van der Waals surface area contributed by atoms with Gasteiger partial charge in [0.2, 0.25) is 0 Å². The fourth-order valence-electron chi connectivity index (χ4n) is 2.51. The molecule has 0 amide bonds. The highest BCUT2D eigenvalue weighted by atomic mass is 16.5. The number of unbranched alkanes of at least 4 members (excludes halogenated alkanes) is 1. The Bertz CT molecular complexity index is 227. The molecule has 0 unspecified atom stereocenters. The fourth-order valence-corrected chi connectivity index (χ4v) is 2.51. The van der Waals surface area contributed by atoms with Gasteiger partial charge in [0.05, 0.1) is 19.8 Å². The van der Waals surface area contributed by atoms with Crippen molar-refractivity contribution in [3.8, 4) is 0 Å². The SMILES string of the molecule is CCCCOC(=O)CN(CCO)C1CCCCC1. The molecule has 18 heavy (non-hydrogen) atoms. The van der Waals surface area contributed by atoms with E-state index >= 15 is 0 Å². The van der Waals surface area contributed by atoms with Crippen LogP contribution in [0, 0.1) is 0 Å². The lowest BCUT2D eigenvalue weighted by molar-refractivity contribution is -0.146. The van der Waals surface area contributed by atoms with Gasteiger partial charge in [-0.3, -0.25) is 9.69 Å². The van der Waals surface area contributed by atoms with Crippen molar-refractivity contribution in [1.29, 1.82) is 0 Å². The Kier molecular flexibility index (Phi) is 8.01. The van der Waals surface area contributed by atoms with Crippen molar-refractivity contribution in [3.63, 3.8) is 0 Å². The molecule has 4 heteroatoms.